The Hall–Kier alpha value is -0.890. The van der Waals surface area contributed by atoms with Gasteiger partial charge in [-0.2, -0.15) is 0 Å². The summed E-state index contributed by atoms with van der Waals surface area (Å²) in [6, 6.07) is 7.95. The van der Waals surface area contributed by atoms with Crippen LogP contribution in [0.3, 0.4) is 0 Å². The van der Waals surface area contributed by atoms with E-state index in [1.807, 2.05) is 12.1 Å². The Labute approximate surface area is 110 Å². The van der Waals surface area contributed by atoms with E-state index < -0.39 is 0 Å². The highest BCUT2D eigenvalue weighted by molar-refractivity contribution is 5.23. The molecule has 1 atom stereocenters. The summed E-state index contributed by atoms with van der Waals surface area (Å²) >= 11 is 0. The van der Waals surface area contributed by atoms with E-state index in [0.29, 0.717) is 17.9 Å². The topological polar surface area (TPSA) is 12.0 Å². The molecule has 1 aliphatic carbocycles. The van der Waals surface area contributed by atoms with Crippen molar-refractivity contribution in [2.75, 3.05) is 6.54 Å². The zero-order chi connectivity index (χ0) is 13.0. The van der Waals surface area contributed by atoms with Crippen LogP contribution >= 0.6 is 0 Å². The minimum absolute atomic E-state index is 0.0491. The Balaban J connectivity index is 2.13. The van der Waals surface area contributed by atoms with Crippen LogP contribution in [0.4, 0.5) is 4.39 Å². The number of hydrogen-bond acceptors (Lipinski definition) is 1. The molecule has 0 spiro atoms. The minimum atomic E-state index is -0.0491. The van der Waals surface area contributed by atoms with E-state index in [2.05, 4.69) is 19.2 Å². The number of hydrogen-bond donors (Lipinski definition) is 1. The molecule has 0 bridgehead atoms. The van der Waals surface area contributed by atoms with Crippen molar-refractivity contribution in [3.63, 3.8) is 0 Å². The average Bonchev–Trinajstić information content (AvgIpc) is 3.20. The maximum atomic E-state index is 14.0. The van der Waals surface area contributed by atoms with Crippen LogP contribution in [0.1, 0.15) is 51.0 Å². The van der Waals surface area contributed by atoms with Crippen molar-refractivity contribution in [1.29, 1.82) is 0 Å². The van der Waals surface area contributed by atoms with Crippen LogP contribution in [0.5, 0.6) is 0 Å². The molecule has 1 saturated carbocycles. The third-order valence-electron chi connectivity index (χ3n) is 4.13. The molecule has 1 aliphatic rings. The van der Waals surface area contributed by atoms with Crippen molar-refractivity contribution in [1.82, 2.24) is 5.32 Å². The minimum Gasteiger partial charge on any atom is -0.313 e. The number of rotatable bonds is 7. The number of nitrogens with one attached hydrogen (secondary N) is 1. The second-order valence-corrected chi connectivity index (χ2v) is 5.39. The SMILES string of the molecule is CCC(CC)C(CNC1CC1)c1ccccc1F. The lowest BCUT2D eigenvalue weighted by Crippen LogP contribution is -2.28. The summed E-state index contributed by atoms with van der Waals surface area (Å²) in [5.74, 6) is 0.821. The molecule has 1 N–H and O–H groups in total. The van der Waals surface area contributed by atoms with Crippen LogP contribution in [0.15, 0.2) is 24.3 Å². The van der Waals surface area contributed by atoms with Gasteiger partial charge in [-0.3, -0.25) is 0 Å². The molecule has 1 aromatic carbocycles. The molecule has 0 heterocycles. The molecule has 18 heavy (non-hydrogen) atoms. The summed E-state index contributed by atoms with van der Waals surface area (Å²) in [4.78, 5) is 0. The predicted molar refractivity (Wildman–Crippen MR) is 74.2 cm³/mol. The first-order valence-electron chi connectivity index (χ1n) is 7.24. The van der Waals surface area contributed by atoms with Gasteiger partial charge in [0.25, 0.3) is 0 Å². The van der Waals surface area contributed by atoms with Crippen molar-refractivity contribution in [3.8, 4) is 0 Å². The smallest absolute Gasteiger partial charge is 0.126 e. The van der Waals surface area contributed by atoms with Gasteiger partial charge in [-0.1, -0.05) is 44.9 Å². The van der Waals surface area contributed by atoms with Gasteiger partial charge in [-0.05, 0) is 30.4 Å². The summed E-state index contributed by atoms with van der Waals surface area (Å²) in [6.07, 6.45) is 4.80. The summed E-state index contributed by atoms with van der Waals surface area (Å²) in [5.41, 5.74) is 0.888. The lowest BCUT2D eigenvalue weighted by molar-refractivity contribution is 0.369. The molecule has 1 unspecified atom stereocenters. The van der Waals surface area contributed by atoms with E-state index in [9.17, 15) is 4.39 Å². The first-order chi connectivity index (χ1) is 8.76. The molecular formula is C16H24FN. The van der Waals surface area contributed by atoms with E-state index in [4.69, 9.17) is 0 Å². The van der Waals surface area contributed by atoms with Crippen LogP contribution in [0.2, 0.25) is 0 Å². The largest absolute Gasteiger partial charge is 0.313 e. The summed E-state index contributed by atoms with van der Waals surface area (Å²) < 4.78 is 14.0. The van der Waals surface area contributed by atoms with Gasteiger partial charge in [0, 0.05) is 18.5 Å². The van der Waals surface area contributed by atoms with Crippen LogP contribution in [-0.4, -0.2) is 12.6 Å². The lowest BCUT2D eigenvalue weighted by Gasteiger charge is -2.26. The van der Waals surface area contributed by atoms with Gasteiger partial charge in [0.2, 0.25) is 0 Å². The highest BCUT2D eigenvalue weighted by Gasteiger charge is 2.26. The van der Waals surface area contributed by atoms with Gasteiger partial charge in [0.15, 0.2) is 0 Å². The third-order valence-corrected chi connectivity index (χ3v) is 4.13. The van der Waals surface area contributed by atoms with Crippen molar-refractivity contribution >= 4 is 0 Å². The molecule has 0 saturated heterocycles. The Morgan fingerprint density at radius 3 is 2.44 bits per heavy atom. The van der Waals surface area contributed by atoms with Gasteiger partial charge in [0.1, 0.15) is 5.82 Å². The Morgan fingerprint density at radius 2 is 1.89 bits per heavy atom. The van der Waals surface area contributed by atoms with Crippen molar-refractivity contribution < 1.29 is 4.39 Å². The fraction of sp³-hybridized carbons (Fsp3) is 0.625. The molecule has 1 aromatic rings. The first-order valence-corrected chi connectivity index (χ1v) is 7.24. The highest BCUT2D eigenvalue weighted by atomic mass is 19.1. The second-order valence-electron chi connectivity index (χ2n) is 5.39. The molecule has 1 fully saturated rings. The van der Waals surface area contributed by atoms with Gasteiger partial charge in [-0.25, -0.2) is 4.39 Å². The Kier molecular flexibility index (Phi) is 4.76. The molecule has 0 aromatic heterocycles. The molecule has 2 rings (SSSR count). The molecule has 2 heteroatoms. The summed E-state index contributed by atoms with van der Waals surface area (Å²) in [5, 5.41) is 3.56. The van der Waals surface area contributed by atoms with E-state index in [1.54, 1.807) is 12.1 Å². The third kappa shape index (κ3) is 3.32. The first kappa shape index (κ1) is 13.5. The highest BCUT2D eigenvalue weighted by Crippen LogP contribution is 2.32. The van der Waals surface area contributed by atoms with Crippen molar-refractivity contribution in [3.05, 3.63) is 35.6 Å². The molecule has 0 aliphatic heterocycles. The van der Waals surface area contributed by atoms with Gasteiger partial charge in [0.05, 0.1) is 0 Å². The van der Waals surface area contributed by atoms with Crippen LogP contribution in [-0.2, 0) is 0 Å². The van der Waals surface area contributed by atoms with Gasteiger partial charge in [-0.15, -0.1) is 0 Å². The Bertz CT molecular complexity index is 369. The quantitative estimate of drug-likeness (QED) is 0.767. The summed E-state index contributed by atoms with van der Waals surface area (Å²) in [6.45, 7) is 5.33. The Morgan fingerprint density at radius 1 is 1.22 bits per heavy atom. The van der Waals surface area contributed by atoms with Crippen LogP contribution in [0.25, 0.3) is 0 Å². The van der Waals surface area contributed by atoms with Crippen LogP contribution < -0.4 is 5.32 Å². The molecule has 1 nitrogen and oxygen atoms in total. The maximum absolute atomic E-state index is 14.0. The van der Waals surface area contributed by atoms with Crippen molar-refractivity contribution in [2.45, 2.75) is 51.5 Å². The predicted octanol–water partition coefficient (Wildman–Crippen LogP) is 4.10. The van der Waals surface area contributed by atoms with Crippen molar-refractivity contribution in [2.24, 2.45) is 5.92 Å². The zero-order valence-corrected chi connectivity index (χ0v) is 11.5. The average molecular weight is 249 g/mol. The van der Waals surface area contributed by atoms with Crippen LogP contribution in [0, 0.1) is 11.7 Å². The second kappa shape index (κ2) is 6.33. The molecule has 100 valence electrons. The maximum Gasteiger partial charge on any atom is 0.126 e. The van der Waals surface area contributed by atoms with Gasteiger partial charge < -0.3 is 5.32 Å². The lowest BCUT2D eigenvalue weighted by atomic mass is 9.82. The number of benzene rings is 1. The fourth-order valence-electron chi connectivity index (χ4n) is 2.75. The van der Waals surface area contributed by atoms with Gasteiger partial charge >= 0.3 is 0 Å². The molecule has 0 amide bonds. The standard InChI is InChI=1S/C16H24FN/c1-3-12(4-2)15(11-18-13-9-10-13)14-7-5-6-8-16(14)17/h5-8,12-13,15,18H,3-4,9-11H2,1-2H3. The fourth-order valence-corrected chi connectivity index (χ4v) is 2.75. The van der Waals surface area contributed by atoms with E-state index in [0.717, 1.165) is 24.9 Å². The molecule has 0 radical (unpaired) electrons. The van der Waals surface area contributed by atoms with E-state index in [1.165, 1.54) is 12.8 Å². The molecular weight excluding hydrogens is 225 g/mol. The normalized spacial score (nSPS) is 17.1. The number of halogens is 1. The van der Waals surface area contributed by atoms with E-state index >= 15 is 0 Å². The monoisotopic (exact) mass is 249 g/mol. The van der Waals surface area contributed by atoms with E-state index in [-0.39, 0.29) is 5.82 Å². The summed E-state index contributed by atoms with van der Waals surface area (Å²) in [7, 11) is 0. The zero-order valence-electron chi connectivity index (χ0n) is 11.5.